The van der Waals surface area contributed by atoms with E-state index < -0.39 is 0 Å². The van der Waals surface area contributed by atoms with Crippen molar-refractivity contribution in [3.63, 3.8) is 0 Å². The molecular formula is C2H2N3Si. The number of rotatable bonds is 0. The number of aromatic nitrogens is 3. The average Bonchev–Trinajstić information content (AvgIpc) is 1.86. The van der Waals surface area contributed by atoms with Gasteiger partial charge in [0.05, 0.1) is 0 Å². The molecule has 0 fully saturated rings. The number of hydrogen-bond acceptors (Lipinski definition) is 2. The lowest BCUT2D eigenvalue weighted by Crippen LogP contribution is -1.88. The van der Waals surface area contributed by atoms with Crippen molar-refractivity contribution in [3.05, 3.63) is 12.7 Å². The molecule has 0 aliphatic rings. The molecule has 3 radical (unpaired) electrons. The van der Waals surface area contributed by atoms with Crippen LogP contribution in [0, 0.1) is 0 Å². The van der Waals surface area contributed by atoms with Gasteiger partial charge in [0.25, 0.3) is 0 Å². The Morgan fingerprint density at radius 1 is 1.67 bits per heavy atom. The van der Waals surface area contributed by atoms with Gasteiger partial charge in [0.1, 0.15) is 12.7 Å². The highest BCUT2D eigenvalue weighted by Crippen LogP contribution is 1.63. The van der Waals surface area contributed by atoms with E-state index in [4.69, 9.17) is 0 Å². The Labute approximate surface area is 38.5 Å². The highest BCUT2D eigenvalue weighted by atomic mass is 28.2. The predicted molar refractivity (Wildman–Crippen MR) is 21.2 cm³/mol. The summed E-state index contributed by atoms with van der Waals surface area (Å²) in [6.45, 7) is 0. The van der Waals surface area contributed by atoms with E-state index in [1.165, 1.54) is 10.7 Å². The van der Waals surface area contributed by atoms with Crippen molar-refractivity contribution in [1.82, 2.24) is 14.4 Å². The van der Waals surface area contributed by atoms with Crippen LogP contribution in [0.5, 0.6) is 0 Å². The third-order valence-electron chi connectivity index (χ3n) is 0.419. The first kappa shape index (κ1) is 3.54. The molecule has 0 amide bonds. The van der Waals surface area contributed by atoms with Crippen molar-refractivity contribution in [2.24, 2.45) is 0 Å². The second-order valence-electron chi connectivity index (χ2n) is 0.840. The first-order valence-corrected chi connectivity index (χ1v) is 1.90. The van der Waals surface area contributed by atoms with Crippen molar-refractivity contribution < 1.29 is 0 Å². The van der Waals surface area contributed by atoms with Crippen LogP contribution in [-0.4, -0.2) is 24.8 Å². The van der Waals surface area contributed by atoms with E-state index in [2.05, 4.69) is 20.5 Å². The Balaban J connectivity index is 3.05. The van der Waals surface area contributed by atoms with Gasteiger partial charge in [-0.15, -0.1) is 0 Å². The molecule has 0 saturated carbocycles. The van der Waals surface area contributed by atoms with E-state index in [9.17, 15) is 0 Å². The summed E-state index contributed by atoms with van der Waals surface area (Å²) in [7, 11) is 3.07. The Morgan fingerprint density at radius 3 is 2.67 bits per heavy atom. The Bertz CT molecular complexity index is 112. The molecular weight excluding hydrogens is 94.1 g/mol. The molecule has 1 rings (SSSR count). The fraction of sp³-hybridized carbons (Fsp3) is 0. The molecule has 29 valence electrons. The molecule has 0 aliphatic carbocycles. The molecule has 0 N–H and O–H groups in total. The number of nitrogens with zero attached hydrogens (tertiary/aromatic N) is 3. The maximum Gasteiger partial charge on any atom is 0.227 e. The van der Waals surface area contributed by atoms with Crippen molar-refractivity contribution in [2.45, 2.75) is 0 Å². The van der Waals surface area contributed by atoms with Gasteiger partial charge in [0, 0.05) is 0 Å². The van der Waals surface area contributed by atoms with Gasteiger partial charge in [-0.2, -0.15) is 5.10 Å². The zero-order valence-corrected chi connectivity index (χ0v) is 4.00. The minimum absolute atomic E-state index is 1.44. The van der Waals surface area contributed by atoms with Crippen LogP contribution in [0.2, 0.25) is 0 Å². The third-order valence-corrected chi connectivity index (χ3v) is 0.650. The molecule has 0 unspecified atom stereocenters. The Morgan fingerprint density at radius 2 is 2.50 bits per heavy atom. The summed E-state index contributed by atoms with van der Waals surface area (Å²) in [6, 6.07) is 0. The summed E-state index contributed by atoms with van der Waals surface area (Å²) in [5.74, 6) is 0. The molecule has 0 saturated heterocycles. The molecule has 1 heterocycles. The van der Waals surface area contributed by atoms with Crippen LogP contribution in [0.1, 0.15) is 0 Å². The predicted octanol–water partition coefficient (Wildman–Crippen LogP) is -0.790. The first-order chi connectivity index (χ1) is 2.89. The molecule has 6 heavy (non-hydrogen) atoms. The minimum Gasteiger partial charge on any atom is -0.287 e. The first-order valence-electron chi connectivity index (χ1n) is 1.46. The van der Waals surface area contributed by atoms with Gasteiger partial charge in [-0.1, -0.05) is 0 Å². The zero-order chi connectivity index (χ0) is 4.41. The lowest BCUT2D eigenvalue weighted by Gasteiger charge is -1.73. The SMILES string of the molecule is [Si]n1cncn1. The molecule has 4 heteroatoms. The van der Waals surface area contributed by atoms with Crippen molar-refractivity contribution in [1.29, 1.82) is 0 Å². The lowest BCUT2D eigenvalue weighted by atomic mass is 11.3. The van der Waals surface area contributed by atoms with Crippen LogP contribution < -0.4 is 0 Å². The molecule has 0 aliphatic heterocycles. The highest BCUT2D eigenvalue weighted by molar-refractivity contribution is 6.05. The van der Waals surface area contributed by atoms with Crippen LogP contribution in [0.15, 0.2) is 12.7 Å². The van der Waals surface area contributed by atoms with E-state index in [-0.39, 0.29) is 0 Å². The van der Waals surface area contributed by atoms with Gasteiger partial charge >= 0.3 is 0 Å². The molecule has 0 bridgehead atoms. The average molecular weight is 96.1 g/mol. The molecule has 0 aromatic carbocycles. The third kappa shape index (κ3) is 0.461. The molecule has 1 aromatic rings. The summed E-state index contributed by atoms with van der Waals surface area (Å²) in [5, 5.41) is 3.64. The van der Waals surface area contributed by atoms with Crippen LogP contribution >= 0.6 is 0 Å². The van der Waals surface area contributed by atoms with Gasteiger partial charge in [0.2, 0.25) is 10.4 Å². The maximum absolute atomic E-state index is 3.64. The van der Waals surface area contributed by atoms with Gasteiger partial charge in [-0.3, -0.25) is 4.35 Å². The molecule has 0 atom stereocenters. The van der Waals surface area contributed by atoms with Gasteiger partial charge in [0.15, 0.2) is 0 Å². The summed E-state index contributed by atoms with van der Waals surface area (Å²) >= 11 is 0. The molecule has 0 spiro atoms. The summed E-state index contributed by atoms with van der Waals surface area (Å²) in [4.78, 5) is 3.62. The Hall–Kier alpha value is -0.643. The topological polar surface area (TPSA) is 30.7 Å². The van der Waals surface area contributed by atoms with Crippen molar-refractivity contribution in [2.75, 3.05) is 0 Å². The quantitative estimate of drug-likeness (QED) is 0.396. The fourth-order valence-corrected chi connectivity index (χ4v) is 0.327. The van der Waals surface area contributed by atoms with Crippen molar-refractivity contribution in [3.8, 4) is 0 Å². The summed E-state index contributed by atoms with van der Waals surface area (Å²) < 4.78 is 1.44. The second kappa shape index (κ2) is 1.21. The van der Waals surface area contributed by atoms with Crippen molar-refractivity contribution >= 4 is 10.4 Å². The molecule has 3 nitrogen and oxygen atoms in total. The smallest absolute Gasteiger partial charge is 0.227 e. The largest absolute Gasteiger partial charge is 0.287 e. The zero-order valence-electron chi connectivity index (χ0n) is 3.00. The van der Waals surface area contributed by atoms with E-state index in [1.807, 2.05) is 0 Å². The van der Waals surface area contributed by atoms with Crippen LogP contribution in [0.4, 0.5) is 0 Å². The lowest BCUT2D eigenvalue weighted by molar-refractivity contribution is 0.991. The Kier molecular flexibility index (Phi) is 0.718. The van der Waals surface area contributed by atoms with Crippen LogP contribution in [0.3, 0.4) is 0 Å². The maximum atomic E-state index is 3.64. The fourth-order valence-electron chi connectivity index (χ4n) is 0.208. The van der Waals surface area contributed by atoms with E-state index in [1.54, 1.807) is 6.33 Å². The normalized spacial score (nSPS) is 8.83. The van der Waals surface area contributed by atoms with Gasteiger partial charge < -0.3 is 0 Å². The highest BCUT2D eigenvalue weighted by Gasteiger charge is 1.71. The minimum atomic E-state index is 1.44. The summed E-state index contributed by atoms with van der Waals surface area (Å²) in [5.41, 5.74) is 0. The van der Waals surface area contributed by atoms with Gasteiger partial charge in [-0.05, 0) is 0 Å². The van der Waals surface area contributed by atoms with Crippen LogP contribution in [0.25, 0.3) is 0 Å². The molecule has 1 aromatic heterocycles. The monoisotopic (exact) mass is 96.0 g/mol. The van der Waals surface area contributed by atoms with E-state index in [0.717, 1.165) is 0 Å². The standard InChI is InChI=1S/C2H2N3Si/c6-5-2-3-1-4-5/h1-2H. The van der Waals surface area contributed by atoms with E-state index in [0.29, 0.717) is 0 Å². The summed E-state index contributed by atoms with van der Waals surface area (Å²) in [6.07, 6.45) is 3.00. The number of hydrogen-bond donors (Lipinski definition) is 0. The van der Waals surface area contributed by atoms with Gasteiger partial charge in [-0.25, -0.2) is 4.98 Å². The van der Waals surface area contributed by atoms with E-state index >= 15 is 0 Å². The second-order valence-corrected chi connectivity index (χ2v) is 1.30. The van der Waals surface area contributed by atoms with Crippen LogP contribution in [-0.2, 0) is 0 Å².